The van der Waals surface area contributed by atoms with Gasteiger partial charge in [0.25, 0.3) is 0 Å². The first-order valence-corrected chi connectivity index (χ1v) is 6.52. The minimum Gasteiger partial charge on any atom is -0.508 e. The summed E-state index contributed by atoms with van der Waals surface area (Å²) in [7, 11) is 0. The second kappa shape index (κ2) is 4.06. The standard InChI is InChI=1S/C12H12N4OS/c1-3-10-13-14-12-16(10)15-11(18-12)8-5-4-6-9(17)7(8)2/h4-6,17H,3H2,1-2H3. The van der Waals surface area contributed by atoms with Crippen LogP contribution in [0.25, 0.3) is 15.5 Å². The summed E-state index contributed by atoms with van der Waals surface area (Å²) in [6.45, 7) is 3.91. The molecule has 18 heavy (non-hydrogen) atoms. The molecule has 0 bridgehead atoms. The lowest BCUT2D eigenvalue weighted by Crippen LogP contribution is -1.93. The van der Waals surface area contributed by atoms with E-state index in [-0.39, 0.29) is 5.75 Å². The highest BCUT2D eigenvalue weighted by molar-refractivity contribution is 7.19. The SMILES string of the molecule is CCc1nnc2sc(-c3cccc(O)c3C)nn12. The quantitative estimate of drug-likeness (QED) is 0.768. The molecule has 6 heteroatoms. The summed E-state index contributed by atoms with van der Waals surface area (Å²) in [6, 6.07) is 5.45. The Morgan fingerprint density at radius 1 is 1.33 bits per heavy atom. The zero-order valence-corrected chi connectivity index (χ0v) is 10.9. The number of hydrogen-bond acceptors (Lipinski definition) is 5. The Balaban J connectivity index is 2.19. The van der Waals surface area contributed by atoms with Crippen molar-refractivity contribution in [1.29, 1.82) is 0 Å². The molecule has 0 radical (unpaired) electrons. The zero-order chi connectivity index (χ0) is 12.7. The maximum absolute atomic E-state index is 9.73. The average Bonchev–Trinajstić information content (AvgIpc) is 2.92. The van der Waals surface area contributed by atoms with Gasteiger partial charge in [-0.25, -0.2) is 0 Å². The van der Waals surface area contributed by atoms with Gasteiger partial charge in [0.1, 0.15) is 10.8 Å². The van der Waals surface area contributed by atoms with Gasteiger partial charge in [-0.1, -0.05) is 30.4 Å². The molecular formula is C12H12N4OS. The van der Waals surface area contributed by atoms with Gasteiger partial charge in [-0.05, 0) is 13.0 Å². The molecule has 3 aromatic rings. The molecule has 0 atom stereocenters. The lowest BCUT2D eigenvalue weighted by Gasteiger charge is -2.03. The topological polar surface area (TPSA) is 63.3 Å². The van der Waals surface area contributed by atoms with Crippen molar-refractivity contribution in [1.82, 2.24) is 19.8 Å². The van der Waals surface area contributed by atoms with Crippen molar-refractivity contribution >= 4 is 16.3 Å². The minimum absolute atomic E-state index is 0.286. The van der Waals surface area contributed by atoms with E-state index in [0.717, 1.165) is 33.3 Å². The summed E-state index contributed by atoms with van der Waals surface area (Å²) in [4.78, 5) is 0.782. The van der Waals surface area contributed by atoms with Gasteiger partial charge >= 0.3 is 0 Å². The summed E-state index contributed by atoms with van der Waals surface area (Å²) in [5.41, 5.74) is 1.77. The average molecular weight is 260 g/mol. The molecule has 5 nitrogen and oxygen atoms in total. The van der Waals surface area contributed by atoms with E-state index < -0.39 is 0 Å². The third-order valence-corrected chi connectivity index (χ3v) is 3.84. The highest BCUT2D eigenvalue weighted by atomic mass is 32.1. The van der Waals surface area contributed by atoms with Crippen molar-refractivity contribution in [2.75, 3.05) is 0 Å². The van der Waals surface area contributed by atoms with E-state index in [0.29, 0.717) is 0 Å². The molecule has 2 aromatic heterocycles. The van der Waals surface area contributed by atoms with Crippen LogP contribution in [0.3, 0.4) is 0 Å². The van der Waals surface area contributed by atoms with Crippen LogP contribution in [0.15, 0.2) is 18.2 Å². The van der Waals surface area contributed by atoms with Gasteiger partial charge in [0, 0.05) is 17.5 Å². The first-order chi connectivity index (χ1) is 8.70. The summed E-state index contributed by atoms with van der Waals surface area (Å²) in [5.74, 6) is 1.14. The second-order valence-corrected chi connectivity index (χ2v) is 4.98. The lowest BCUT2D eigenvalue weighted by atomic mass is 10.1. The number of fused-ring (bicyclic) bond motifs is 1. The fourth-order valence-electron chi connectivity index (χ4n) is 1.84. The van der Waals surface area contributed by atoms with Crippen LogP contribution < -0.4 is 0 Å². The minimum atomic E-state index is 0.286. The number of phenolic OH excluding ortho intramolecular Hbond substituents is 1. The molecule has 0 amide bonds. The smallest absolute Gasteiger partial charge is 0.234 e. The molecule has 3 rings (SSSR count). The Bertz CT molecular complexity index is 716. The van der Waals surface area contributed by atoms with Gasteiger partial charge in [0.05, 0.1) is 0 Å². The van der Waals surface area contributed by atoms with Gasteiger partial charge < -0.3 is 5.11 Å². The molecule has 1 N–H and O–H groups in total. The number of phenols is 1. The molecule has 92 valence electrons. The first-order valence-electron chi connectivity index (χ1n) is 5.70. The van der Waals surface area contributed by atoms with Gasteiger partial charge in [-0.15, -0.1) is 10.2 Å². The van der Waals surface area contributed by atoms with E-state index in [1.807, 2.05) is 26.0 Å². The van der Waals surface area contributed by atoms with Crippen molar-refractivity contribution < 1.29 is 5.11 Å². The Morgan fingerprint density at radius 3 is 2.94 bits per heavy atom. The van der Waals surface area contributed by atoms with Crippen molar-refractivity contribution in [2.45, 2.75) is 20.3 Å². The van der Waals surface area contributed by atoms with Crippen LogP contribution >= 0.6 is 11.3 Å². The summed E-state index contributed by atoms with van der Waals surface area (Å²) >= 11 is 1.48. The van der Waals surface area contributed by atoms with Crippen LogP contribution in [0.1, 0.15) is 18.3 Å². The molecule has 0 aliphatic heterocycles. The molecule has 0 spiro atoms. The first kappa shape index (κ1) is 11.2. The molecule has 0 aliphatic rings. The predicted octanol–water partition coefficient (Wildman–Crippen LogP) is 2.43. The van der Waals surface area contributed by atoms with Crippen LogP contribution in [0, 0.1) is 6.92 Å². The Labute approximate surface area is 108 Å². The summed E-state index contributed by atoms with van der Waals surface area (Å²) in [6.07, 6.45) is 0.795. The molecule has 0 unspecified atom stereocenters. The fourth-order valence-corrected chi connectivity index (χ4v) is 2.78. The maximum atomic E-state index is 9.73. The normalized spacial score (nSPS) is 11.2. The van der Waals surface area contributed by atoms with Crippen LogP contribution in [-0.2, 0) is 6.42 Å². The molecule has 2 heterocycles. The fraction of sp³-hybridized carbons (Fsp3) is 0.250. The van der Waals surface area contributed by atoms with E-state index in [1.54, 1.807) is 10.6 Å². The Kier molecular flexibility index (Phi) is 2.52. The predicted molar refractivity (Wildman–Crippen MR) is 69.9 cm³/mol. The zero-order valence-electron chi connectivity index (χ0n) is 10.1. The van der Waals surface area contributed by atoms with Gasteiger partial charge in [0.2, 0.25) is 4.96 Å². The van der Waals surface area contributed by atoms with E-state index in [2.05, 4.69) is 15.3 Å². The molecule has 0 saturated heterocycles. The molecular weight excluding hydrogens is 248 g/mol. The summed E-state index contributed by atoms with van der Waals surface area (Å²) < 4.78 is 1.77. The van der Waals surface area contributed by atoms with Crippen LogP contribution in [0.2, 0.25) is 0 Å². The number of nitrogens with zero attached hydrogens (tertiary/aromatic N) is 4. The number of aryl methyl sites for hydroxylation is 1. The Morgan fingerprint density at radius 2 is 2.17 bits per heavy atom. The van der Waals surface area contributed by atoms with Gasteiger partial charge in [0.15, 0.2) is 5.82 Å². The van der Waals surface area contributed by atoms with Crippen molar-refractivity contribution in [3.8, 4) is 16.3 Å². The van der Waals surface area contributed by atoms with E-state index in [1.165, 1.54) is 11.3 Å². The largest absolute Gasteiger partial charge is 0.508 e. The highest BCUT2D eigenvalue weighted by Crippen LogP contribution is 2.31. The summed E-state index contributed by atoms with van der Waals surface area (Å²) in [5, 5.41) is 23.2. The third-order valence-electron chi connectivity index (χ3n) is 2.91. The third kappa shape index (κ3) is 1.57. The van der Waals surface area contributed by atoms with E-state index >= 15 is 0 Å². The molecule has 1 aromatic carbocycles. The monoisotopic (exact) mass is 260 g/mol. The number of aromatic hydroxyl groups is 1. The van der Waals surface area contributed by atoms with E-state index in [9.17, 15) is 5.11 Å². The number of hydrogen-bond donors (Lipinski definition) is 1. The van der Waals surface area contributed by atoms with Gasteiger partial charge in [-0.3, -0.25) is 0 Å². The van der Waals surface area contributed by atoms with Gasteiger partial charge in [-0.2, -0.15) is 9.61 Å². The Hall–Kier alpha value is -1.95. The maximum Gasteiger partial charge on any atom is 0.234 e. The lowest BCUT2D eigenvalue weighted by molar-refractivity contribution is 0.471. The van der Waals surface area contributed by atoms with Crippen LogP contribution in [0.4, 0.5) is 0 Å². The second-order valence-electron chi connectivity index (χ2n) is 4.02. The van der Waals surface area contributed by atoms with Crippen LogP contribution in [-0.4, -0.2) is 24.9 Å². The molecule has 0 saturated carbocycles. The number of rotatable bonds is 2. The number of aromatic nitrogens is 4. The molecule has 0 aliphatic carbocycles. The van der Waals surface area contributed by atoms with Crippen molar-refractivity contribution in [2.24, 2.45) is 0 Å². The van der Waals surface area contributed by atoms with Crippen LogP contribution in [0.5, 0.6) is 5.75 Å². The highest BCUT2D eigenvalue weighted by Gasteiger charge is 2.14. The molecule has 0 fully saturated rings. The van der Waals surface area contributed by atoms with Crippen molar-refractivity contribution in [3.63, 3.8) is 0 Å². The number of benzene rings is 1. The van der Waals surface area contributed by atoms with E-state index in [4.69, 9.17) is 0 Å². The van der Waals surface area contributed by atoms with Crippen molar-refractivity contribution in [3.05, 3.63) is 29.6 Å².